The molecule has 0 aliphatic heterocycles. The number of rotatable bonds is 3. The van der Waals surface area contributed by atoms with Crippen LogP contribution in [0.4, 0.5) is 4.39 Å². The summed E-state index contributed by atoms with van der Waals surface area (Å²) in [5.41, 5.74) is 6.18. The Hall–Kier alpha value is -1.14. The Morgan fingerprint density at radius 2 is 1.94 bits per heavy atom. The Morgan fingerprint density at radius 3 is 2.61 bits per heavy atom. The molecule has 1 atom stereocenters. The molecule has 0 unspecified atom stereocenters. The fourth-order valence-electron chi connectivity index (χ4n) is 1.71. The molecule has 18 heavy (non-hydrogen) atoms. The van der Waals surface area contributed by atoms with Gasteiger partial charge in [-0.15, -0.1) is 0 Å². The molecule has 0 aliphatic carbocycles. The Bertz CT molecular complexity index is 557. The molecule has 0 aliphatic rings. The van der Waals surface area contributed by atoms with Crippen molar-refractivity contribution in [1.82, 2.24) is 0 Å². The second-order valence-electron chi connectivity index (χ2n) is 4.00. The van der Waals surface area contributed by atoms with Gasteiger partial charge < -0.3 is 10.5 Å². The highest BCUT2D eigenvalue weighted by atomic mass is 127. The van der Waals surface area contributed by atoms with Crippen molar-refractivity contribution in [2.24, 2.45) is 5.73 Å². The van der Waals surface area contributed by atoms with Crippen LogP contribution in [-0.4, -0.2) is 0 Å². The standard InChI is InChI=1S/C14H13FINO/c1-9(17)14-12(15)6-3-7-13(14)18-11-5-2-4-10(16)8-11/h2-9H,17H2,1H3/t9-/m0/s1. The molecule has 0 heterocycles. The topological polar surface area (TPSA) is 35.2 Å². The molecule has 4 heteroatoms. The Balaban J connectivity index is 2.37. The molecular weight excluding hydrogens is 344 g/mol. The third-order valence-corrected chi connectivity index (χ3v) is 3.16. The zero-order valence-electron chi connectivity index (χ0n) is 9.86. The van der Waals surface area contributed by atoms with E-state index in [0.29, 0.717) is 17.1 Å². The minimum Gasteiger partial charge on any atom is -0.457 e. The summed E-state index contributed by atoms with van der Waals surface area (Å²) >= 11 is 2.20. The zero-order chi connectivity index (χ0) is 13.1. The molecule has 0 amide bonds. The lowest BCUT2D eigenvalue weighted by molar-refractivity contribution is 0.460. The van der Waals surface area contributed by atoms with Crippen LogP contribution in [0.15, 0.2) is 42.5 Å². The van der Waals surface area contributed by atoms with Crippen molar-refractivity contribution < 1.29 is 9.13 Å². The van der Waals surface area contributed by atoms with Crippen molar-refractivity contribution in [2.75, 3.05) is 0 Å². The van der Waals surface area contributed by atoms with Gasteiger partial charge in [-0.3, -0.25) is 0 Å². The molecule has 2 aromatic carbocycles. The van der Waals surface area contributed by atoms with Crippen molar-refractivity contribution in [3.63, 3.8) is 0 Å². The quantitative estimate of drug-likeness (QED) is 0.834. The maximum absolute atomic E-state index is 13.7. The monoisotopic (exact) mass is 357 g/mol. The summed E-state index contributed by atoms with van der Waals surface area (Å²) < 4.78 is 20.5. The number of halogens is 2. The summed E-state index contributed by atoms with van der Waals surface area (Å²) in [6.07, 6.45) is 0. The summed E-state index contributed by atoms with van der Waals surface area (Å²) in [5.74, 6) is 0.800. The van der Waals surface area contributed by atoms with Gasteiger partial charge in [-0.25, -0.2) is 4.39 Å². The Morgan fingerprint density at radius 1 is 1.22 bits per heavy atom. The second kappa shape index (κ2) is 5.67. The van der Waals surface area contributed by atoms with Crippen LogP contribution in [0, 0.1) is 9.39 Å². The number of ether oxygens (including phenoxy) is 1. The summed E-state index contributed by atoms with van der Waals surface area (Å²) in [4.78, 5) is 0. The van der Waals surface area contributed by atoms with E-state index in [0.717, 1.165) is 3.57 Å². The molecule has 0 radical (unpaired) electrons. The van der Waals surface area contributed by atoms with Gasteiger partial charge in [-0.1, -0.05) is 12.1 Å². The van der Waals surface area contributed by atoms with E-state index >= 15 is 0 Å². The fourth-order valence-corrected chi connectivity index (χ4v) is 2.22. The van der Waals surface area contributed by atoms with Crippen molar-refractivity contribution >= 4 is 22.6 Å². The molecule has 94 valence electrons. The molecule has 0 saturated heterocycles. The number of hydrogen-bond donors (Lipinski definition) is 1. The van der Waals surface area contributed by atoms with Crippen LogP contribution in [-0.2, 0) is 0 Å². The summed E-state index contributed by atoms with van der Waals surface area (Å²) in [6, 6.07) is 11.9. The summed E-state index contributed by atoms with van der Waals surface area (Å²) in [7, 11) is 0. The van der Waals surface area contributed by atoms with Gasteiger partial charge in [0.1, 0.15) is 17.3 Å². The van der Waals surface area contributed by atoms with Crippen LogP contribution in [0.5, 0.6) is 11.5 Å². The molecule has 0 aromatic heterocycles. The molecule has 2 nitrogen and oxygen atoms in total. The maximum Gasteiger partial charge on any atom is 0.135 e. The zero-order valence-corrected chi connectivity index (χ0v) is 12.0. The predicted octanol–water partition coefficient (Wildman–Crippen LogP) is 4.24. The van der Waals surface area contributed by atoms with Crippen molar-refractivity contribution in [3.05, 3.63) is 57.4 Å². The van der Waals surface area contributed by atoms with E-state index in [1.807, 2.05) is 24.3 Å². The van der Waals surface area contributed by atoms with Gasteiger partial charge in [0, 0.05) is 15.2 Å². The van der Waals surface area contributed by atoms with E-state index in [-0.39, 0.29) is 5.82 Å². The van der Waals surface area contributed by atoms with E-state index in [9.17, 15) is 4.39 Å². The average Bonchev–Trinajstić information content (AvgIpc) is 2.28. The van der Waals surface area contributed by atoms with E-state index in [4.69, 9.17) is 10.5 Å². The van der Waals surface area contributed by atoms with Gasteiger partial charge in [-0.05, 0) is 59.8 Å². The van der Waals surface area contributed by atoms with Crippen LogP contribution in [0.3, 0.4) is 0 Å². The first-order valence-electron chi connectivity index (χ1n) is 5.55. The largest absolute Gasteiger partial charge is 0.457 e. The van der Waals surface area contributed by atoms with Gasteiger partial charge in [0.25, 0.3) is 0 Å². The first kappa shape index (κ1) is 13.3. The molecule has 2 N–H and O–H groups in total. The third-order valence-electron chi connectivity index (χ3n) is 2.49. The highest BCUT2D eigenvalue weighted by Crippen LogP contribution is 2.31. The summed E-state index contributed by atoms with van der Waals surface area (Å²) in [6.45, 7) is 1.74. The van der Waals surface area contributed by atoms with Gasteiger partial charge in [0.15, 0.2) is 0 Å². The molecule has 0 fully saturated rings. The maximum atomic E-state index is 13.7. The van der Waals surface area contributed by atoms with E-state index in [1.165, 1.54) is 6.07 Å². The van der Waals surface area contributed by atoms with Crippen molar-refractivity contribution in [3.8, 4) is 11.5 Å². The number of hydrogen-bond acceptors (Lipinski definition) is 2. The van der Waals surface area contributed by atoms with Crippen LogP contribution in [0.25, 0.3) is 0 Å². The van der Waals surface area contributed by atoms with Gasteiger partial charge in [-0.2, -0.15) is 0 Å². The van der Waals surface area contributed by atoms with E-state index in [1.54, 1.807) is 19.1 Å². The van der Waals surface area contributed by atoms with Crippen molar-refractivity contribution in [2.45, 2.75) is 13.0 Å². The van der Waals surface area contributed by atoms with Crippen LogP contribution < -0.4 is 10.5 Å². The fraction of sp³-hybridized carbons (Fsp3) is 0.143. The highest BCUT2D eigenvalue weighted by Gasteiger charge is 2.14. The highest BCUT2D eigenvalue weighted by molar-refractivity contribution is 14.1. The number of benzene rings is 2. The Kier molecular flexibility index (Phi) is 4.19. The van der Waals surface area contributed by atoms with Gasteiger partial charge >= 0.3 is 0 Å². The van der Waals surface area contributed by atoms with Crippen LogP contribution >= 0.6 is 22.6 Å². The molecule has 0 bridgehead atoms. The van der Waals surface area contributed by atoms with Crippen molar-refractivity contribution in [1.29, 1.82) is 0 Å². The SMILES string of the molecule is C[C@H](N)c1c(F)cccc1Oc1cccc(I)c1. The lowest BCUT2D eigenvalue weighted by atomic mass is 10.1. The van der Waals surface area contributed by atoms with E-state index in [2.05, 4.69) is 22.6 Å². The van der Waals surface area contributed by atoms with E-state index < -0.39 is 6.04 Å². The normalized spacial score (nSPS) is 12.2. The smallest absolute Gasteiger partial charge is 0.135 e. The van der Waals surface area contributed by atoms with Crippen LogP contribution in [0.1, 0.15) is 18.5 Å². The molecule has 0 saturated carbocycles. The minimum atomic E-state index is -0.413. The third kappa shape index (κ3) is 3.00. The van der Waals surface area contributed by atoms with Gasteiger partial charge in [0.05, 0.1) is 0 Å². The number of nitrogens with two attached hydrogens (primary N) is 1. The van der Waals surface area contributed by atoms with Crippen LogP contribution in [0.2, 0.25) is 0 Å². The molecular formula is C14H13FINO. The summed E-state index contributed by atoms with van der Waals surface area (Å²) in [5, 5.41) is 0. The lowest BCUT2D eigenvalue weighted by Crippen LogP contribution is -2.09. The molecule has 2 aromatic rings. The molecule has 2 rings (SSSR count). The van der Waals surface area contributed by atoms with Gasteiger partial charge in [0.2, 0.25) is 0 Å². The molecule has 0 spiro atoms. The lowest BCUT2D eigenvalue weighted by Gasteiger charge is -2.14. The minimum absolute atomic E-state index is 0.340. The predicted molar refractivity (Wildman–Crippen MR) is 78.2 cm³/mol. The first-order chi connectivity index (χ1) is 8.58. The second-order valence-corrected chi connectivity index (χ2v) is 5.25. The Labute approximate surface area is 119 Å². The average molecular weight is 357 g/mol. The first-order valence-corrected chi connectivity index (χ1v) is 6.63.